The van der Waals surface area contributed by atoms with Crippen LogP contribution in [0.15, 0.2) is 9.79 Å². The molecule has 0 fully saturated rings. The maximum atomic E-state index is 12.7. The van der Waals surface area contributed by atoms with E-state index < -0.39 is 98.3 Å². The highest BCUT2D eigenvalue weighted by Gasteiger charge is 2.45. The van der Waals surface area contributed by atoms with E-state index in [0.717, 1.165) is 0 Å². The van der Waals surface area contributed by atoms with Gasteiger partial charge in [-0.15, -0.1) is 0 Å². The summed E-state index contributed by atoms with van der Waals surface area (Å²) in [5.74, 6) is -13.8. The third-order valence-corrected chi connectivity index (χ3v) is 5.99. The summed E-state index contributed by atoms with van der Waals surface area (Å²) in [4.78, 5) is 21.9. The Hall–Kier alpha value is -3.60. The van der Waals surface area contributed by atoms with Crippen LogP contribution >= 0.6 is 0 Å². The third kappa shape index (κ3) is 2.55. The van der Waals surface area contributed by atoms with E-state index in [-0.39, 0.29) is 0 Å². The number of rotatable bonds is 2. The highest BCUT2D eigenvalue weighted by Crippen LogP contribution is 2.53. The Morgan fingerprint density at radius 3 is 0.900 bits per heavy atom. The van der Waals surface area contributed by atoms with Crippen LogP contribution in [0.3, 0.4) is 0 Å². The van der Waals surface area contributed by atoms with Crippen molar-refractivity contribution in [2.24, 2.45) is 0 Å². The van der Waals surface area contributed by atoms with Gasteiger partial charge in [0.25, 0.3) is 0 Å². The smallest absolute Gasteiger partial charge is 0.302 e. The molecular weight excluding hydrogens is 456 g/mol. The third-order valence-electron chi connectivity index (χ3n) is 4.18. The van der Waals surface area contributed by atoms with Crippen LogP contribution in [0.5, 0.6) is 34.5 Å². The molecule has 3 rings (SSSR count). The molecular formula is C14H8O14S2. The summed E-state index contributed by atoms with van der Waals surface area (Å²) in [5, 5.41) is 59.7. The van der Waals surface area contributed by atoms with Crippen molar-refractivity contribution in [2.75, 3.05) is 0 Å². The maximum absolute atomic E-state index is 12.7. The van der Waals surface area contributed by atoms with Crippen LogP contribution in [-0.2, 0) is 20.2 Å². The Bertz CT molecular complexity index is 1310. The lowest BCUT2D eigenvalue weighted by Crippen LogP contribution is -2.23. The molecule has 0 atom stereocenters. The number of fused-ring (bicyclic) bond motifs is 2. The van der Waals surface area contributed by atoms with Crippen LogP contribution in [0.4, 0.5) is 0 Å². The van der Waals surface area contributed by atoms with Gasteiger partial charge >= 0.3 is 20.2 Å². The van der Waals surface area contributed by atoms with Gasteiger partial charge in [0, 0.05) is 0 Å². The first kappa shape index (κ1) is 21.1. The van der Waals surface area contributed by atoms with Crippen molar-refractivity contribution in [1.82, 2.24) is 0 Å². The summed E-state index contributed by atoms with van der Waals surface area (Å²) in [6, 6.07) is 0. The van der Waals surface area contributed by atoms with Crippen LogP contribution in [0, 0.1) is 0 Å². The van der Waals surface area contributed by atoms with Crippen molar-refractivity contribution < 1.29 is 66.2 Å². The summed E-state index contributed by atoms with van der Waals surface area (Å²) in [6.07, 6.45) is 0. The van der Waals surface area contributed by atoms with Crippen LogP contribution in [0.1, 0.15) is 31.8 Å². The largest absolute Gasteiger partial charge is 0.506 e. The zero-order valence-corrected chi connectivity index (χ0v) is 15.5. The zero-order chi connectivity index (χ0) is 23.1. The Morgan fingerprint density at radius 2 is 0.667 bits per heavy atom. The predicted molar refractivity (Wildman–Crippen MR) is 89.4 cm³/mol. The SMILES string of the molecule is O=C1c2c(O)c(O)c(S(=O)(=O)O)c(O)c2C(=O)c2c(O)c(O)c(S(=O)(=O)O)c(O)c21. The van der Waals surface area contributed by atoms with E-state index in [0.29, 0.717) is 0 Å². The molecule has 14 nitrogen and oxygen atoms in total. The van der Waals surface area contributed by atoms with E-state index in [4.69, 9.17) is 9.11 Å². The summed E-state index contributed by atoms with van der Waals surface area (Å²) in [5.41, 5.74) is -5.42. The average molecular weight is 464 g/mol. The number of hydrogen-bond acceptors (Lipinski definition) is 12. The van der Waals surface area contributed by atoms with Gasteiger partial charge in [-0.25, -0.2) is 0 Å². The summed E-state index contributed by atoms with van der Waals surface area (Å²) in [6.45, 7) is 0. The van der Waals surface area contributed by atoms with Crippen molar-refractivity contribution in [1.29, 1.82) is 0 Å². The number of aromatic hydroxyl groups is 6. The van der Waals surface area contributed by atoms with Crippen molar-refractivity contribution in [2.45, 2.75) is 9.79 Å². The molecule has 0 aliphatic heterocycles. The van der Waals surface area contributed by atoms with E-state index in [1.54, 1.807) is 0 Å². The molecule has 1 aliphatic rings. The minimum atomic E-state index is -5.49. The number of ketones is 2. The molecule has 0 aromatic heterocycles. The highest BCUT2D eigenvalue weighted by atomic mass is 32.2. The second-order valence-corrected chi connectivity index (χ2v) is 8.58. The normalized spacial score (nSPS) is 13.8. The quantitative estimate of drug-likeness (QED) is 0.131. The molecule has 160 valence electrons. The van der Waals surface area contributed by atoms with Crippen molar-refractivity contribution >= 4 is 31.8 Å². The molecule has 1 aliphatic carbocycles. The van der Waals surface area contributed by atoms with E-state index >= 15 is 0 Å². The second-order valence-electron chi connectivity index (χ2n) is 5.86. The van der Waals surface area contributed by atoms with Gasteiger partial charge in [0.15, 0.2) is 44.3 Å². The molecule has 0 unspecified atom stereocenters. The molecule has 0 amide bonds. The zero-order valence-electron chi connectivity index (χ0n) is 13.8. The van der Waals surface area contributed by atoms with Crippen LogP contribution in [-0.4, -0.2) is 68.1 Å². The fourth-order valence-corrected chi connectivity index (χ4v) is 4.37. The van der Waals surface area contributed by atoms with Crippen molar-refractivity contribution in [3.63, 3.8) is 0 Å². The van der Waals surface area contributed by atoms with Gasteiger partial charge in [0.05, 0.1) is 22.3 Å². The number of carbonyl (C=O) groups is 2. The number of carbonyl (C=O) groups excluding carboxylic acids is 2. The van der Waals surface area contributed by atoms with Crippen LogP contribution < -0.4 is 0 Å². The van der Waals surface area contributed by atoms with Gasteiger partial charge in [-0.1, -0.05) is 0 Å². The minimum Gasteiger partial charge on any atom is -0.506 e. The second kappa shape index (κ2) is 5.95. The number of hydrogen-bond donors (Lipinski definition) is 8. The van der Waals surface area contributed by atoms with Gasteiger partial charge in [-0.3, -0.25) is 18.7 Å². The summed E-state index contributed by atoms with van der Waals surface area (Å²) in [7, 11) is -11.0. The summed E-state index contributed by atoms with van der Waals surface area (Å²) < 4.78 is 63.8. The Labute approximate surface area is 165 Å². The lowest BCUT2D eigenvalue weighted by molar-refractivity contribution is 0.0966. The fraction of sp³-hybridized carbons (Fsp3) is 0. The Balaban J connectivity index is 2.59. The molecule has 0 saturated heterocycles. The minimum absolute atomic E-state index is 1.34. The molecule has 30 heavy (non-hydrogen) atoms. The van der Waals surface area contributed by atoms with Gasteiger partial charge < -0.3 is 30.6 Å². The van der Waals surface area contributed by atoms with Crippen LogP contribution in [0.25, 0.3) is 0 Å². The van der Waals surface area contributed by atoms with E-state index in [9.17, 15) is 57.1 Å². The summed E-state index contributed by atoms with van der Waals surface area (Å²) >= 11 is 0. The first-order valence-electron chi connectivity index (χ1n) is 7.19. The topological polar surface area (TPSA) is 264 Å². The van der Waals surface area contributed by atoms with Gasteiger partial charge in [-0.2, -0.15) is 16.8 Å². The first-order chi connectivity index (χ1) is 13.5. The first-order valence-corrected chi connectivity index (χ1v) is 10.1. The van der Waals surface area contributed by atoms with E-state index in [1.807, 2.05) is 0 Å². The van der Waals surface area contributed by atoms with E-state index in [1.165, 1.54) is 0 Å². The van der Waals surface area contributed by atoms with Gasteiger partial charge in [0.1, 0.15) is 0 Å². The fourth-order valence-electron chi connectivity index (χ4n) is 3.00. The number of phenols is 6. The molecule has 0 saturated carbocycles. The molecule has 2 aromatic carbocycles. The predicted octanol–water partition coefficient (Wildman–Crippen LogP) is -0.811. The molecule has 0 bridgehead atoms. The van der Waals surface area contributed by atoms with Crippen molar-refractivity contribution in [3.8, 4) is 34.5 Å². The number of benzene rings is 2. The average Bonchev–Trinajstić information content (AvgIpc) is 2.56. The molecule has 16 heteroatoms. The molecule has 0 spiro atoms. The molecule has 2 aromatic rings. The van der Waals surface area contributed by atoms with Crippen LogP contribution in [0.2, 0.25) is 0 Å². The molecule has 8 N–H and O–H groups in total. The molecule has 0 heterocycles. The lowest BCUT2D eigenvalue weighted by atomic mass is 9.81. The van der Waals surface area contributed by atoms with Gasteiger partial charge in [0.2, 0.25) is 11.6 Å². The standard InChI is InChI=1S/C14H8O14S2/c15-5-1-3(9(19)13(29(23,24)25)11(21)7(1)17)6(16)2-4(5)10(20)14(30(26,27)28)12(22)8(2)18/h17-22H,(H,23,24,25)(H,26,27,28). The highest BCUT2D eigenvalue weighted by molar-refractivity contribution is 7.86. The van der Waals surface area contributed by atoms with E-state index in [2.05, 4.69) is 0 Å². The Kier molecular flexibility index (Phi) is 4.19. The Morgan fingerprint density at radius 1 is 0.433 bits per heavy atom. The number of phenolic OH excluding ortho intramolecular Hbond substituents is 6. The lowest BCUT2D eigenvalue weighted by Gasteiger charge is -2.23. The van der Waals surface area contributed by atoms with Crippen molar-refractivity contribution in [3.05, 3.63) is 22.3 Å². The van der Waals surface area contributed by atoms with Gasteiger partial charge in [-0.05, 0) is 0 Å². The maximum Gasteiger partial charge on any atom is 0.302 e. The molecule has 0 radical (unpaired) electrons. The monoisotopic (exact) mass is 464 g/mol.